The Morgan fingerprint density at radius 2 is 2.21 bits per heavy atom. The van der Waals surface area contributed by atoms with E-state index >= 15 is 0 Å². The molecule has 0 radical (unpaired) electrons. The van der Waals surface area contributed by atoms with Crippen LogP contribution in [0.4, 0.5) is 0 Å². The fourth-order valence-electron chi connectivity index (χ4n) is 2.30. The van der Waals surface area contributed by atoms with Crippen molar-refractivity contribution in [1.82, 2.24) is 14.5 Å². The Morgan fingerprint density at radius 1 is 1.37 bits per heavy atom. The summed E-state index contributed by atoms with van der Waals surface area (Å²) in [7, 11) is 0. The first-order chi connectivity index (χ1) is 9.15. The number of aryl methyl sites for hydroxylation is 4. The Morgan fingerprint density at radius 3 is 2.95 bits per heavy atom. The van der Waals surface area contributed by atoms with Crippen LogP contribution in [0.5, 0.6) is 0 Å². The Labute approximate surface area is 120 Å². The molecule has 0 aliphatic carbocycles. The van der Waals surface area contributed by atoms with Crippen molar-refractivity contribution in [1.29, 1.82) is 0 Å². The third-order valence-electron chi connectivity index (χ3n) is 3.28. The lowest BCUT2D eigenvalue weighted by Crippen LogP contribution is -2.01. The van der Waals surface area contributed by atoms with Crippen LogP contribution in [-0.4, -0.2) is 14.5 Å². The molecule has 0 aliphatic heterocycles. The minimum Gasteiger partial charge on any atom is -0.330 e. The lowest BCUT2D eigenvalue weighted by Gasteiger charge is -2.03. The fraction of sp³-hybridized carbons (Fsp3) is 0.286. The van der Waals surface area contributed by atoms with Gasteiger partial charge in [-0.2, -0.15) is 0 Å². The van der Waals surface area contributed by atoms with Crippen molar-refractivity contribution in [2.45, 2.75) is 26.8 Å². The molecule has 0 amide bonds. The van der Waals surface area contributed by atoms with Crippen molar-refractivity contribution in [3.05, 3.63) is 44.6 Å². The second-order valence-electron chi connectivity index (χ2n) is 4.66. The first-order valence-electron chi connectivity index (χ1n) is 6.24. The van der Waals surface area contributed by atoms with Gasteiger partial charge < -0.3 is 9.55 Å². The quantitative estimate of drug-likeness (QED) is 0.739. The number of fused-ring (bicyclic) bond motifs is 1. The minimum atomic E-state index is 0.788. The number of aromatic amines is 1. The molecule has 1 aromatic carbocycles. The van der Waals surface area contributed by atoms with Gasteiger partial charge in [0, 0.05) is 18.3 Å². The highest BCUT2D eigenvalue weighted by Crippen LogP contribution is 2.18. The Kier molecular flexibility index (Phi) is 3.24. The van der Waals surface area contributed by atoms with Gasteiger partial charge in [-0.15, -0.1) is 11.3 Å². The van der Waals surface area contributed by atoms with Crippen LogP contribution in [0.15, 0.2) is 23.6 Å². The molecule has 0 bridgehead atoms. The highest BCUT2D eigenvalue weighted by molar-refractivity contribution is 7.71. The van der Waals surface area contributed by atoms with Crippen LogP contribution in [0.3, 0.4) is 0 Å². The van der Waals surface area contributed by atoms with Crippen molar-refractivity contribution >= 4 is 34.6 Å². The third kappa shape index (κ3) is 2.35. The molecule has 0 spiro atoms. The van der Waals surface area contributed by atoms with Crippen molar-refractivity contribution in [3.8, 4) is 0 Å². The van der Waals surface area contributed by atoms with E-state index in [1.807, 2.05) is 6.92 Å². The second kappa shape index (κ2) is 4.90. The van der Waals surface area contributed by atoms with E-state index in [1.165, 1.54) is 11.1 Å². The smallest absolute Gasteiger partial charge is 0.178 e. The highest BCUT2D eigenvalue weighted by Gasteiger charge is 2.07. The number of nitrogens with one attached hydrogen (secondary N) is 1. The predicted octanol–water partition coefficient (Wildman–Crippen LogP) is 4.01. The average Bonchev–Trinajstić information content (AvgIpc) is 2.92. The summed E-state index contributed by atoms with van der Waals surface area (Å²) >= 11 is 7.12. The van der Waals surface area contributed by atoms with E-state index in [0.29, 0.717) is 0 Å². The zero-order valence-electron chi connectivity index (χ0n) is 10.9. The SMILES string of the molecule is Cc1nc(CCn2c(=S)[nH]c3c(C)cccc32)cs1. The van der Waals surface area contributed by atoms with E-state index in [4.69, 9.17) is 12.2 Å². The maximum absolute atomic E-state index is 5.42. The van der Waals surface area contributed by atoms with Crippen molar-refractivity contribution in [2.75, 3.05) is 0 Å². The number of thiazole rings is 1. The largest absolute Gasteiger partial charge is 0.330 e. The summed E-state index contributed by atoms with van der Waals surface area (Å²) in [6.07, 6.45) is 0.916. The standard InChI is InChI=1S/C14H15N3S2/c1-9-4-3-5-12-13(9)16-14(18)17(12)7-6-11-8-19-10(2)15-11/h3-5,8H,6-7H2,1-2H3,(H,16,18). The molecule has 0 unspecified atom stereocenters. The molecule has 3 nitrogen and oxygen atoms in total. The van der Waals surface area contributed by atoms with Gasteiger partial charge in [0.15, 0.2) is 4.77 Å². The van der Waals surface area contributed by atoms with E-state index < -0.39 is 0 Å². The summed E-state index contributed by atoms with van der Waals surface area (Å²) < 4.78 is 2.95. The van der Waals surface area contributed by atoms with Gasteiger partial charge in [-0.1, -0.05) is 12.1 Å². The molecular formula is C14H15N3S2. The molecule has 2 aromatic heterocycles. The van der Waals surface area contributed by atoms with Crippen LogP contribution in [0.2, 0.25) is 0 Å². The normalized spacial score (nSPS) is 11.3. The maximum Gasteiger partial charge on any atom is 0.178 e. The van der Waals surface area contributed by atoms with Crippen LogP contribution >= 0.6 is 23.6 Å². The van der Waals surface area contributed by atoms with Gasteiger partial charge in [0.05, 0.1) is 21.7 Å². The monoisotopic (exact) mass is 289 g/mol. The van der Waals surface area contributed by atoms with E-state index in [9.17, 15) is 0 Å². The summed E-state index contributed by atoms with van der Waals surface area (Å²) in [5.41, 5.74) is 4.69. The average molecular weight is 289 g/mol. The van der Waals surface area contributed by atoms with E-state index in [2.05, 4.69) is 45.0 Å². The highest BCUT2D eigenvalue weighted by atomic mass is 32.1. The maximum atomic E-state index is 5.42. The molecule has 19 heavy (non-hydrogen) atoms. The van der Waals surface area contributed by atoms with E-state index in [-0.39, 0.29) is 0 Å². The van der Waals surface area contributed by atoms with E-state index in [1.54, 1.807) is 11.3 Å². The van der Waals surface area contributed by atoms with Crippen LogP contribution in [0.25, 0.3) is 11.0 Å². The minimum absolute atomic E-state index is 0.788. The zero-order chi connectivity index (χ0) is 13.4. The molecule has 3 aromatic rings. The molecule has 0 aliphatic rings. The number of benzene rings is 1. The fourth-order valence-corrected chi connectivity index (χ4v) is 3.23. The van der Waals surface area contributed by atoms with Crippen molar-refractivity contribution in [2.24, 2.45) is 0 Å². The van der Waals surface area contributed by atoms with Gasteiger partial charge in [-0.05, 0) is 37.7 Å². The Bertz CT molecular complexity index is 779. The van der Waals surface area contributed by atoms with Crippen LogP contribution in [-0.2, 0) is 13.0 Å². The number of rotatable bonds is 3. The molecule has 0 saturated carbocycles. The van der Waals surface area contributed by atoms with E-state index in [0.717, 1.165) is 34.0 Å². The van der Waals surface area contributed by atoms with Crippen LogP contribution < -0.4 is 0 Å². The van der Waals surface area contributed by atoms with Crippen molar-refractivity contribution in [3.63, 3.8) is 0 Å². The number of para-hydroxylation sites is 1. The number of hydrogen-bond acceptors (Lipinski definition) is 3. The summed E-state index contributed by atoms with van der Waals surface area (Å²) in [5.74, 6) is 0. The molecule has 0 saturated heterocycles. The van der Waals surface area contributed by atoms with Crippen molar-refractivity contribution < 1.29 is 0 Å². The molecule has 5 heteroatoms. The van der Waals surface area contributed by atoms with Gasteiger partial charge >= 0.3 is 0 Å². The topological polar surface area (TPSA) is 33.6 Å². The van der Waals surface area contributed by atoms with Gasteiger partial charge in [0.25, 0.3) is 0 Å². The molecule has 1 N–H and O–H groups in total. The van der Waals surface area contributed by atoms with Gasteiger partial charge in [-0.25, -0.2) is 4.98 Å². The first-order valence-corrected chi connectivity index (χ1v) is 7.53. The van der Waals surface area contributed by atoms with Gasteiger partial charge in [0.1, 0.15) is 0 Å². The molecule has 3 rings (SSSR count). The Hall–Kier alpha value is -1.46. The summed E-state index contributed by atoms with van der Waals surface area (Å²) in [4.78, 5) is 7.80. The van der Waals surface area contributed by atoms with Crippen LogP contribution in [0, 0.1) is 18.6 Å². The summed E-state index contributed by atoms with van der Waals surface area (Å²) in [5, 5.41) is 3.24. The number of nitrogens with zero attached hydrogens (tertiary/aromatic N) is 2. The number of aromatic nitrogens is 3. The second-order valence-corrected chi connectivity index (χ2v) is 6.11. The molecule has 98 valence electrons. The van der Waals surface area contributed by atoms with Crippen LogP contribution in [0.1, 0.15) is 16.3 Å². The zero-order valence-corrected chi connectivity index (χ0v) is 12.6. The number of H-pyrrole nitrogens is 1. The number of hydrogen-bond donors (Lipinski definition) is 1. The van der Waals surface area contributed by atoms with Gasteiger partial charge in [0.2, 0.25) is 0 Å². The number of imidazole rings is 1. The lowest BCUT2D eigenvalue weighted by molar-refractivity contribution is 0.697. The van der Waals surface area contributed by atoms with Gasteiger partial charge in [-0.3, -0.25) is 0 Å². The molecule has 0 fully saturated rings. The Balaban J connectivity index is 1.95. The predicted molar refractivity (Wildman–Crippen MR) is 82.4 cm³/mol. The first kappa shape index (κ1) is 12.6. The molecule has 2 heterocycles. The summed E-state index contributed by atoms with van der Waals surface area (Å²) in [6, 6.07) is 6.28. The third-order valence-corrected chi connectivity index (χ3v) is 4.42. The summed E-state index contributed by atoms with van der Waals surface area (Å²) in [6.45, 7) is 5.00. The molecular weight excluding hydrogens is 274 g/mol. The lowest BCUT2D eigenvalue weighted by atomic mass is 10.2. The molecule has 0 atom stereocenters.